The van der Waals surface area contributed by atoms with E-state index in [-0.39, 0.29) is 0 Å². The number of rotatable bonds is 9. The molecule has 0 saturated heterocycles. The summed E-state index contributed by atoms with van der Waals surface area (Å²) < 4.78 is 25.9. The van der Waals surface area contributed by atoms with Gasteiger partial charge in [0.05, 0.1) is 13.7 Å². The molecule has 0 bridgehead atoms. The highest BCUT2D eigenvalue weighted by Gasteiger charge is 2.48. The third-order valence-electron chi connectivity index (χ3n) is 3.98. The third kappa shape index (κ3) is 7.80. The Kier molecular flexibility index (Phi) is 9.96. The summed E-state index contributed by atoms with van der Waals surface area (Å²) in [4.78, 5) is 61.6. The molecule has 176 valence electrons. The number of azide groups is 1. The van der Waals surface area contributed by atoms with E-state index in [9.17, 15) is 24.0 Å². The van der Waals surface area contributed by atoms with E-state index in [0.29, 0.717) is 0 Å². The molecule has 0 aromatic heterocycles. The van der Waals surface area contributed by atoms with Crippen molar-refractivity contribution in [2.45, 2.75) is 58.2 Å². The van der Waals surface area contributed by atoms with Gasteiger partial charge in [0, 0.05) is 38.7 Å². The van der Waals surface area contributed by atoms with E-state index in [1.807, 2.05) is 0 Å². The van der Waals surface area contributed by atoms with Crippen molar-refractivity contribution in [2.24, 2.45) is 5.11 Å². The highest BCUT2D eigenvalue weighted by molar-refractivity contribution is 5.86. The Bertz CT molecular complexity index is 832. The van der Waals surface area contributed by atoms with Crippen molar-refractivity contribution in [1.29, 1.82) is 0 Å². The predicted molar refractivity (Wildman–Crippen MR) is 103 cm³/mol. The topological polar surface area (TPSA) is 192 Å². The van der Waals surface area contributed by atoms with Crippen LogP contribution in [0.5, 0.6) is 0 Å². The minimum Gasteiger partial charge on any atom is -0.477 e. The molecule has 5 atom stereocenters. The Morgan fingerprint density at radius 3 is 2.22 bits per heavy atom. The maximum absolute atomic E-state index is 12.1. The molecule has 14 heteroatoms. The van der Waals surface area contributed by atoms with Crippen LogP contribution in [0.15, 0.2) is 16.9 Å². The maximum Gasteiger partial charge on any atom is 0.373 e. The zero-order valence-electron chi connectivity index (χ0n) is 18.1. The average Bonchev–Trinajstić information content (AvgIpc) is 2.68. The first-order valence-electron chi connectivity index (χ1n) is 9.26. The Morgan fingerprint density at radius 2 is 1.75 bits per heavy atom. The summed E-state index contributed by atoms with van der Waals surface area (Å²) in [7, 11) is 1.08. The van der Waals surface area contributed by atoms with E-state index < -0.39 is 72.5 Å². The Hall–Kier alpha value is -3.80. The molecular formula is C18H24N4O10. The van der Waals surface area contributed by atoms with Crippen LogP contribution in [0.2, 0.25) is 0 Å². The van der Waals surface area contributed by atoms with Gasteiger partial charge in [0.1, 0.15) is 18.2 Å². The number of nitrogens with one attached hydrogen (secondary N) is 1. The van der Waals surface area contributed by atoms with Gasteiger partial charge < -0.3 is 29.0 Å². The van der Waals surface area contributed by atoms with E-state index >= 15 is 0 Å². The molecule has 0 aliphatic carbocycles. The van der Waals surface area contributed by atoms with Crippen LogP contribution in [0.3, 0.4) is 0 Å². The van der Waals surface area contributed by atoms with Crippen LogP contribution in [0.25, 0.3) is 10.4 Å². The molecule has 0 spiro atoms. The highest BCUT2D eigenvalue weighted by atomic mass is 16.6. The normalized spacial score (nSPS) is 21.3. The largest absolute Gasteiger partial charge is 0.477 e. The summed E-state index contributed by atoms with van der Waals surface area (Å²) in [6.07, 6.45) is -4.43. The van der Waals surface area contributed by atoms with Crippen LogP contribution in [0.4, 0.5) is 0 Å². The van der Waals surface area contributed by atoms with Gasteiger partial charge in [-0.2, -0.15) is 0 Å². The van der Waals surface area contributed by atoms with Crippen molar-refractivity contribution in [3.8, 4) is 0 Å². The molecule has 1 amide bonds. The minimum absolute atomic E-state index is 0.409. The molecule has 1 aliphatic rings. The van der Waals surface area contributed by atoms with Crippen molar-refractivity contribution in [3.63, 3.8) is 0 Å². The fourth-order valence-electron chi connectivity index (χ4n) is 2.97. The van der Waals surface area contributed by atoms with Gasteiger partial charge in [-0.25, -0.2) is 4.79 Å². The number of carbonyl (C=O) groups is 5. The summed E-state index contributed by atoms with van der Waals surface area (Å²) in [5.74, 6) is -4.32. The number of hydrogen-bond acceptors (Lipinski definition) is 11. The number of esters is 4. The fourth-order valence-corrected chi connectivity index (χ4v) is 2.97. The Balaban J connectivity index is 3.60. The van der Waals surface area contributed by atoms with E-state index in [0.717, 1.165) is 34.0 Å². The number of carbonyl (C=O) groups excluding carboxylic acids is 5. The summed E-state index contributed by atoms with van der Waals surface area (Å²) in [6, 6.07) is -1.20. The van der Waals surface area contributed by atoms with E-state index in [2.05, 4.69) is 20.1 Å². The van der Waals surface area contributed by atoms with Gasteiger partial charge in [0.2, 0.25) is 11.7 Å². The second-order valence-corrected chi connectivity index (χ2v) is 6.54. The molecule has 0 aromatic carbocycles. The molecule has 1 aliphatic heterocycles. The first-order valence-corrected chi connectivity index (χ1v) is 9.26. The van der Waals surface area contributed by atoms with Crippen LogP contribution in [0.1, 0.15) is 27.7 Å². The molecule has 1 rings (SSSR count). The lowest BCUT2D eigenvalue weighted by molar-refractivity contribution is -0.184. The van der Waals surface area contributed by atoms with Gasteiger partial charge in [-0.3, -0.25) is 19.2 Å². The summed E-state index contributed by atoms with van der Waals surface area (Å²) >= 11 is 0. The number of hydrogen-bond donors (Lipinski definition) is 1. The summed E-state index contributed by atoms with van der Waals surface area (Å²) in [5, 5.41) is 5.86. The molecule has 32 heavy (non-hydrogen) atoms. The van der Waals surface area contributed by atoms with Crippen molar-refractivity contribution >= 4 is 29.8 Å². The molecule has 0 unspecified atom stereocenters. The van der Waals surface area contributed by atoms with Gasteiger partial charge in [-0.05, 0) is 5.53 Å². The van der Waals surface area contributed by atoms with Crippen LogP contribution in [-0.4, -0.2) is 73.9 Å². The van der Waals surface area contributed by atoms with Crippen LogP contribution in [-0.2, 0) is 47.7 Å². The number of methoxy groups -OCH3 is 1. The fraction of sp³-hybridized carbons (Fsp3) is 0.611. The lowest BCUT2D eigenvalue weighted by Gasteiger charge is -2.41. The number of nitrogens with zero attached hydrogens (tertiary/aromatic N) is 3. The smallest absolute Gasteiger partial charge is 0.373 e. The number of amides is 1. The molecular weight excluding hydrogens is 432 g/mol. The van der Waals surface area contributed by atoms with Crippen LogP contribution >= 0.6 is 0 Å². The van der Waals surface area contributed by atoms with Gasteiger partial charge in [0.15, 0.2) is 12.2 Å². The van der Waals surface area contributed by atoms with Gasteiger partial charge in [0.25, 0.3) is 0 Å². The molecule has 1 heterocycles. The standard InChI is InChI=1S/C18H24N4O10/c1-8(23)21-15-12(29-9(2)24)6-13(18(27)28-5)32-17(15)16(31-11(4)26)14(7-20-22-19)30-10(3)25/h6,12,14-17H,7H2,1-5H3,(H,21,23)/t12-,14+,15+,16+,17+/m0/s1. The lowest BCUT2D eigenvalue weighted by Crippen LogP contribution is -2.61. The van der Waals surface area contributed by atoms with Crippen molar-refractivity contribution in [3.05, 3.63) is 22.3 Å². The lowest BCUT2D eigenvalue weighted by atomic mass is 9.93. The minimum atomic E-state index is -1.50. The second-order valence-electron chi connectivity index (χ2n) is 6.54. The zero-order valence-corrected chi connectivity index (χ0v) is 18.1. The molecule has 0 aromatic rings. The van der Waals surface area contributed by atoms with Crippen molar-refractivity contribution in [2.75, 3.05) is 13.7 Å². The van der Waals surface area contributed by atoms with Crippen molar-refractivity contribution < 1.29 is 47.7 Å². The summed E-state index contributed by atoms with van der Waals surface area (Å²) in [5.41, 5.74) is 8.68. The molecule has 1 N–H and O–H groups in total. The van der Waals surface area contributed by atoms with Crippen LogP contribution in [0, 0.1) is 0 Å². The van der Waals surface area contributed by atoms with Gasteiger partial charge in [-0.1, -0.05) is 5.11 Å². The third-order valence-corrected chi connectivity index (χ3v) is 3.98. The molecule has 0 fully saturated rings. The number of ether oxygens (including phenoxy) is 5. The molecule has 0 saturated carbocycles. The van der Waals surface area contributed by atoms with E-state index in [4.69, 9.17) is 24.5 Å². The van der Waals surface area contributed by atoms with E-state index in [1.54, 1.807) is 0 Å². The first kappa shape index (κ1) is 26.2. The first-order chi connectivity index (χ1) is 15.0. The Labute approximate surface area is 182 Å². The average molecular weight is 456 g/mol. The highest BCUT2D eigenvalue weighted by Crippen LogP contribution is 2.28. The maximum atomic E-state index is 12.1. The molecule has 0 radical (unpaired) electrons. The van der Waals surface area contributed by atoms with Gasteiger partial charge in [-0.15, -0.1) is 0 Å². The molecule has 14 nitrogen and oxygen atoms in total. The zero-order chi connectivity index (χ0) is 24.4. The van der Waals surface area contributed by atoms with Gasteiger partial charge >= 0.3 is 23.9 Å². The van der Waals surface area contributed by atoms with Crippen molar-refractivity contribution in [1.82, 2.24) is 5.32 Å². The monoisotopic (exact) mass is 456 g/mol. The summed E-state index contributed by atoms with van der Waals surface area (Å²) in [6.45, 7) is 3.93. The van der Waals surface area contributed by atoms with Crippen LogP contribution < -0.4 is 5.32 Å². The van der Waals surface area contributed by atoms with E-state index in [1.165, 1.54) is 6.92 Å². The second kappa shape index (κ2) is 12.2. The SMILES string of the molecule is COC(=O)C1=C[C@H](OC(C)=O)[C@@H](NC(C)=O)[C@H]([C@H](OC(C)=O)[C@@H](CN=[N+]=[N-])OC(C)=O)O1. The Morgan fingerprint density at radius 1 is 1.12 bits per heavy atom. The quantitative estimate of drug-likeness (QED) is 0.163. The predicted octanol–water partition coefficient (Wildman–Crippen LogP) is 0.0522.